The van der Waals surface area contributed by atoms with Crippen LogP contribution in [0.25, 0.3) is 0 Å². The van der Waals surface area contributed by atoms with Gasteiger partial charge in [0.2, 0.25) is 0 Å². The van der Waals surface area contributed by atoms with Gasteiger partial charge in [0.25, 0.3) is 0 Å². The molecule has 116 valence electrons. The van der Waals surface area contributed by atoms with E-state index in [1.54, 1.807) is 0 Å². The number of unbranched alkanes of at least 4 members (excludes halogenated alkanes) is 4. The second kappa shape index (κ2) is 10.7. The summed E-state index contributed by atoms with van der Waals surface area (Å²) in [6.07, 6.45) is 11.2. The molecular weight excluding hydrogens is 258 g/mol. The highest BCUT2D eigenvalue weighted by atomic mass is 32.2. The predicted molar refractivity (Wildman–Crippen MR) is 84.4 cm³/mol. The van der Waals surface area contributed by atoms with Crippen LogP contribution in [0, 0.1) is 0 Å². The third-order valence-corrected chi connectivity index (χ3v) is 4.49. The number of hydrogen-bond donors (Lipinski definition) is 1. The first-order valence-electron chi connectivity index (χ1n) is 7.82. The Balaban J connectivity index is 4.14. The summed E-state index contributed by atoms with van der Waals surface area (Å²) in [5, 5.41) is 3.51. The Morgan fingerprint density at radius 2 is 1.42 bits per heavy atom. The third kappa shape index (κ3) is 12.7. The van der Waals surface area contributed by atoms with Crippen molar-refractivity contribution in [2.24, 2.45) is 0 Å². The van der Waals surface area contributed by atoms with Crippen molar-refractivity contribution in [3.8, 4) is 0 Å². The molecule has 0 spiro atoms. The van der Waals surface area contributed by atoms with Gasteiger partial charge in [-0.2, -0.15) is 0 Å². The lowest BCUT2D eigenvalue weighted by Crippen LogP contribution is -2.40. The maximum atomic E-state index is 11.3. The highest BCUT2D eigenvalue weighted by molar-refractivity contribution is 7.90. The van der Waals surface area contributed by atoms with Crippen LogP contribution in [0.3, 0.4) is 0 Å². The van der Waals surface area contributed by atoms with E-state index in [9.17, 15) is 8.42 Å². The minimum absolute atomic E-state index is 0.0586. The summed E-state index contributed by atoms with van der Waals surface area (Å²) < 4.78 is 22.6. The summed E-state index contributed by atoms with van der Waals surface area (Å²) in [6.45, 7) is 6.41. The van der Waals surface area contributed by atoms with Crippen LogP contribution in [-0.2, 0) is 9.84 Å². The summed E-state index contributed by atoms with van der Waals surface area (Å²) in [6, 6.07) is 0.540. The fraction of sp³-hybridized carbons (Fsp3) is 1.00. The molecule has 0 aromatic rings. The van der Waals surface area contributed by atoms with Crippen LogP contribution in [-0.4, -0.2) is 32.5 Å². The SMILES string of the molecule is CCCCCC(CCCCC)NC(C)CS(C)(=O)=O. The predicted octanol–water partition coefficient (Wildman–Crippen LogP) is 3.54. The molecule has 0 aromatic carbocycles. The smallest absolute Gasteiger partial charge is 0.148 e. The molecular formula is C15H33NO2S. The van der Waals surface area contributed by atoms with Crippen LogP contribution < -0.4 is 5.32 Å². The van der Waals surface area contributed by atoms with E-state index in [4.69, 9.17) is 0 Å². The van der Waals surface area contributed by atoms with Crippen molar-refractivity contribution >= 4 is 9.84 Å². The quantitative estimate of drug-likeness (QED) is 0.559. The number of nitrogens with one attached hydrogen (secondary N) is 1. The summed E-state index contributed by atoms with van der Waals surface area (Å²) >= 11 is 0. The first kappa shape index (κ1) is 18.9. The largest absolute Gasteiger partial charge is 0.310 e. The van der Waals surface area contributed by atoms with Crippen LogP contribution in [0.15, 0.2) is 0 Å². The van der Waals surface area contributed by atoms with Crippen molar-refractivity contribution in [1.82, 2.24) is 5.32 Å². The highest BCUT2D eigenvalue weighted by Gasteiger charge is 2.15. The zero-order valence-corrected chi connectivity index (χ0v) is 14.1. The Labute approximate surface area is 120 Å². The molecule has 0 radical (unpaired) electrons. The van der Waals surface area contributed by atoms with Gasteiger partial charge in [-0.1, -0.05) is 52.4 Å². The highest BCUT2D eigenvalue weighted by Crippen LogP contribution is 2.12. The molecule has 0 amide bonds. The van der Waals surface area contributed by atoms with E-state index >= 15 is 0 Å². The molecule has 1 atom stereocenters. The Hall–Kier alpha value is -0.0900. The van der Waals surface area contributed by atoms with Gasteiger partial charge in [-0.3, -0.25) is 0 Å². The number of hydrogen-bond acceptors (Lipinski definition) is 3. The van der Waals surface area contributed by atoms with Crippen LogP contribution in [0.1, 0.15) is 72.1 Å². The summed E-state index contributed by atoms with van der Waals surface area (Å²) in [5.41, 5.74) is 0. The van der Waals surface area contributed by atoms with Gasteiger partial charge in [-0.05, 0) is 19.8 Å². The summed E-state index contributed by atoms with van der Waals surface area (Å²) in [4.78, 5) is 0. The lowest BCUT2D eigenvalue weighted by Gasteiger charge is -2.23. The van der Waals surface area contributed by atoms with Gasteiger partial charge < -0.3 is 5.32 Å². The molecule has 0 saturated carbocycles. The van der Waals surface area contributed by atoms with Crippen LogP contribution in [0.4, 0.5) is 0 Å². The van der Waals surface area contributed by atoms with Crippen LogP contribution in [0.2, 0.25) is 0 Å². The Morgan fingerprint density at radius 3 is 1.79 bits per heavy atom. The van der Waals surface area contributed by atoms with Crippen molar-refractivity contribution in [2.75, 3.05) is 12.0 Å². The first-order chi connectivity index (χ1) is 8.89. The van der Waals surface area contributed by atoms with E-state index in [1.165, 1.54) is 57.6 Å². The van der Waals surface area contributed by atoms with Crippen molar-refractivity contribution in [3.63, 3.8) is 0 Å². The number of sulfone groups is 1. The van der Waals surface area contributed by atoms with E-state index < -0.39 is 9.84 Å². The van der Waals surface area contributed by atoms with Gasteiger partial charge >= 0.3 is 0 Å². The zero-order valence-electron chi connectivity index (χ0n) is 13.2. The van der Waals surface area contributed by atoms with Gasteiger partial charge in [0, 0.05) is 18.3 Å². The van der Waals surface area contributed by atoms with Crippen molar-refractivity contribution in [2.45, 2.75) is 84.2 Å². The van der Waals surface area contributed by atoms with Crippen LogP contribution in [0.5, 0.6) is 0 Å². The first-order valence-corrected chi connectivity index (χ1v) is 9.88. The van der Waals surface area contributed by atoms with Gasteiger partial charge in [0.1, 0.15) is 9.84 Å². The second-order valence-electron chi connectivity index (χ2n) is 5.85. The standard InChI is InChI=1S/C15H33NO2S/c1-5-7-9-11-15(12-10-8-6-2)16-14(3)13-19(4,17)18/h14-16H,5-13H2,1-4H3. The number of rotatable bonds is 12. The maximum Gasteiger partial charge on any atom is 0.148 e. The molecule has 0 aliphatic rings. The molecule has 0 aromatic heterocycles. The van der Waals surface area contributed by atoms with E-state index in [-0.39, 0.29) is 11.8 Å². The monoisotopic (exact) mass is 291 g/mol. The fourth-order valence-corrected chi connectivity index (χ4v) is 3.50. The Kier molecular flexibility index (Phi) is 10.6. The van der Waals surface area contributed by atoms with Crippen molar-refractivity contribution in [1.29, 1.82) is 0 Å². The average molecular weight is 292 g/mol. The second-order valence-corrected chi connectivity index (χ2v) is 8.03. The molecule has 4 heteroatoms. The molecule has 0 saturated heterocycles. The van der Waals surface area contributed by atoms with E-state index in [2.05, 4.69) is 19.2 Å². The lowest BCUT2D eigenvalue weighted by molar-refractivity contribution is 0.391. The Morgan fingerprint density at radius 1 is 0.947 bits per heavy atom. The minimum Gasteiger partial charge on any atom is -0.310 e. The normalized spacial score (nSPS) is 13.9. The molecule has 1 unspecified atom stereocenters. The molecule has 1 N–H and O–H groups in total. The van der Waals surface area contributed by atoms with E-state index in [0.29, 0.717) is 6.04 Å². The van der Waals surface area contributed by atoms with Gasteiger partial charge in [0.15, 0.2) is 0 Å². The molecule has 0 heterocycles. The van der Waals surface area contributed by atoms with Gasteiger partial charge in [-0.15, -0.1) is 0 Å². The maximum absolute atomic E-state index is 11.3. The molecule has 0 aliphatic carbocycles. The average Bonchev–Trinajstić information content (AvgIpc) is 2.26. The molecule has 0 fully saturated rings. The lowest BCUT2D eigenvalue weighted by atomic mass is 10.0. The Bertz CT molecular complexity index is 291. The van der Waals surface area contributed by atoms with Crippen molar-refractivity contribution < 1.29 is 8.42 Å². The topological polar surface area (TPSA) is 46.2 Å². The van der Waals surface area contributed by atoms with Crippen molar-refractivity contribution in [3.05, 3.63) is 0 Å². The molecule has 0 bridgehead atoms. The third-order valence-electron chi connectivity index (χ3n) is 3.39. The minimum atomic E-state index is -2.88. The van der Waals surface area contributed by atoms with E-state index in [0.717, 1.165) is 0 Å². The van der Waals surface area contributed by atoms with Gasteiger partial charge in [-0.25, -0.2) is 8.42 Å². The van der Waals surface area contributed by atoms with E-state index in [1.807, 2.05) is 6.92 Å². The molecule has 3 nitrogen and oxygen atoms in total. The molecule has 0 rings (SSSR count). The summed E-state index contributed by atoms with van der Waals surface area (Å²) in [7, 11) is -2.88. The molecule has 19 heavy (non-hydrogen) atoms. The zero-order chi connectivity index (χ0) is 14.7. The summed E-state index contributed by atoms with van der Waals surface area (Å²) in [5.74, 6) is 0.241. The van der Waals surface area contributed by atoms with Crippen LogP contribution >= 0.6 is 0 Å². The fourth-order valence-electron chi connectivity index (χ4n) is 2.50. The molecule has 0 aliphatic heterocycles. The van der Waals surface area contributed by atoms with Gasteiger partial charge in [0.05, 0.1) is 5.75 Å².